The zero-order valence-corrected chi connectivity index (χ0v) is 12.7. The molecule has 2 aliphatic rings. The van der Waals surface area contributed by atoms with Gasteiger partial charge in [0.15, 0.2) is 5.69 Å². The van der Waals surface area contributed by atoms with Gasteiger partial charge in [0, 0.05) is 12.0 Å². The molecule has 4 nitrogen and oxygen atoms in total. The van der Waals surface area contributed by atoms with Crippen LogP contribution in [0.15, 0.2) is 0 Å². The number of carbonyl (C=O) groups is 1. The molecule has 1 amide bonds. The van der Waals surface area contributed by atoms with Gasteiger partial charge in [0.25, 0.3) is 0 Å². The summed E-state index contributed by atoms with van der Waals surface area (Å²) in [5.74, 6) is -0.322. The number of amides is 1. The third-order valence-corrected chi connectivity index (χ3v) is 4.55. The summed E-state index contributed by atoms with van der Waals surface area (Å²) in [4.78, 5) is 12.0. The maximum absolute atomic E-state index is 12.9. The average Bonchev–Trinajstić information content (AvgIpc) is 3.00. The summed E-state index contributed by atoms with van der Waals surface area (Å²) in [6, 6.07) is 0.130. The molecule has 0 atom stereocenters. The first-order valence-electron chi connectivity index (χ1n) is 7.49. The molecule has 0 spiro atoms. The Morgan fingerprint density at radius 3 is 2.45 bits per heavy atom. The molecular formula is C14H17ClF3N3O. The van der Waals surface area contributed by atoms with Crippen molar-refractivity contribution in [2.75, 3.05) is 0 Å². The second kappa shape index (κ2) is 5.76. The predicted molar refractivity (Wildman–Crippen MR) is 74.6 cm³/mol. The number of carbonyl (C=O) groups excluding carboxylic acids is 1. The average molecular weight is 336 g/mol. The smallest absolute Gasteiger partial charge is 0.352 e. The molecule has 1 aromatic heterocycles. The third-order valence-electron chi connectivity index (χ3n) is 4.18. The summed E-state index contributed by atoms with van der Waals surface area (Å²) < 4.78 is 39.9. The molecule has 2 aliphatic carbocycles. The molecule has 1 aromatic rings. The fourth-order valence-corrected chi connectivity index (χ4v) is 3.38. The molecule has 0 radical (unpaired) electrons. The minimum atomic E-state index is -4.60. The topological polar surface area (TPSA) is 46.9 Å². The highest BCUT2D eigenvalue weighted by molar-refractivity contribution is 6.32. The fraction of sp³-hybridized carbons (Fsp3) is 0.714. The molecule has 1 N–H and O–H groups in total. The van der Waals surface area contributed by atoms with Gasteiger partial charge < -0.3 is 5.32 Å². The van der Waals surface area contributed by atoms with E-state index in [1.165, 1.54) is 0 Å². The van der Waals surface area contributed by atoms with E-state index in [0.717, 1.165) is 43.2 Å². The van der Waals surface area contributed by atoms with Gasteiger partial charge in [-0.05, 0) is 25.7 Å². The lowest BCUT2D eigenvalue weighted by molar-refractivity contribution is -0.141. The van der Waals surface area contributed by atoms with Crippen LogP contribution < -0.4 is 5.32 Å². The Labute approximate surface area is 131 Å². The second-order valence-corrected chi connectivity index (χ2v) is 6.40. The number of halogens is 4. The molecule has 8 heteroatoms. The monoisotopic (exact) mass is 335 g/mol. The predicted octanol–water partition coefficient (Wildman–Crippen LogP) is 3.49. The van der Waals surface area contributed by atoms with Crippen LogP contribution in [0.4, 0.5) is 13.2 Å². The second-order valence-electron chi connectivity index (χ2n) is 6.03. The van der Waals surface area contributed by atoms with Crippen molar-refractivity contribution in [1.82, 2.24) is 15.1 Å². The van der Waals surface area contributed by atoms with E-state index in [9.17, 15) is 18.0 Å². The fourth-order valence-electron chi connectivity index (χ4n) is 2.98. The van der Waals surface area contributed by atoms with Crippen LogP contribution in [0.2, 0.25) is 5.02 Å². The van der Waals surface area contributed by atoms with E-state index in [-0.39, 0.29) is 29.4 Å². The Kier molecular flexibility index (Phi) is 4.09. The molecular weight excluding hydrogens is 319 g/mol. The van der Waals surface area contributed by atoms with Gasteiger partial charge in [0.05, 0.1) is 10.7 Å². The van der Waals surface area contributed by atoms with E-state index < -0.39 is 11.9 Å². The van der Waals surface area contributed by atoms with Gasteiger partial charge in [-0.1, -0.05) is 24.4 Å². The van der Waals surface area contributed by atoms with Crippen molar-refractivity contribution >= 4 is 17.5 Å². The van der Waals surface area contributed by atoms with Gasteiger partial charge >= 0.3 is 6.18 Å². The number of nitrogens with zero attached hydrogens (tertiary/aromatic N) is 2. The van der Waals surface area contributed by atoms with Crippen LogP contribution in [0.5, 0.6) is 0 Å². The number of hydrogen-bond acceptors (Lipinski definition) is 2. The van der Waals surface area contributed by atoms with Gasteiger partial charge in [-0.15, -0.1) is 0 Å². The van der Waals surface area contributed by atoms with Crippen molar-refractivity contribution in [3.8, 4) is 0 Å². The lowest BCUT2D eigenvalue weighted by Crippen LogP contribution is -2.35. The molecule has 3 rings (SSSR count). The van der Waals surface area contributed by atoms with E-state index in [2.05, 4.69) is 10.4 Å². The van der Waals surface area contributed by atoms with Gasteiger partial charge in [-0.2, -0.15) is 18.3 Å². The standard InChI is InChI=1S/C14H17ClF3N3O/c15-11-12(8-5-6-8)21(20-13(11)14(16,17)18)7-10(22)19-9-3-1-2-4-9/h8-9H,1-7H2,(H,19,22). The number of rotatable bonds is 4. The van der Waals surface area contributed by atoms with Gasteiger partial charge in [-0.25, -0.2) is 0 Å². The maximum atomic E-state index is 12.9. The molecule has 2 fully saturated rings. The molecule has 0 unspecified atom stereocenters. The van der Waals surface area contributed by atoms with Gasteiger partial charge in [-0.3, -0.25) is 9.48 Å². The Hall–Kier alpha value is -1.24. The maximum Gasteiger partial charge on any atom is 0.436 e. The molecule has 0 aromatic carbocycles. The van der Waals surface area contributed by atoms with Gasteiger partial charge in [0.1, 0.15) is 6.54 Å². The van der Waals surface area contributed by atoms with Crippen LogP contribution in [-0.4, -0.2) is 21.7 Å². The molecule has 0 saturated heterocycles. The SMILES string of the molecule is O=C(Cn1nc(C(F)(F)F)c(Cl)c1C1CC1)NC1CCCC1. The third kappa shape index (κ3) is 3.24. The first-order chi connectivity index (χ1) is 10.4. The van der Waals surface area contributed by atoms with Crippen molar-refractivity contribution in [1.29, 1.82) is 0 Å². The Morgan fingerprint density at radius 1 is 1.27 bits per heavy atom. The zero-order chi connectivity index (χ0) is 15.9. The summed E-state index contributed by atoms with van der Waals surface area (Å²) in [6.45, 7) is -0.210. The van der Waals surface area contributed by atoms with Crippen LogP contribution in [-0.2, 0) is 17.5 Å². The highest BCUT2D eigenvalue weighted by atomic mass is 35.5. The molecule has 122 valence electrons. The van der Waals surface area contributed by atoms with Gasteiger partial charge in [0.2, 0.25) is 5.91 Å². The minimum Gasteiger partial charge on any atom is -0.352 e. The van der Waals surface area contributed by atoms with Crippen LogP contribution in [0.3, 0.4) is 0 Å². The van der Waals surface area contributed by atoms with E-state index in [1.54, 1.807) is 0 Å². The van der Waals surface area contributed by atoms with Crippen molar-refractivity contribution in [2.24, 2.45) is 0 Å². The van der Waals surface area contributed by atoms with Crippen LogP contribution >= 0.6 is 11.6 Å². The normalized spacial score (nSPS) is 19.6. The first kappa shape index (κ1) is 15.6. The summed E-state index contributed by atoms with van der Waals surface area (Å²) in [5.41, 5.74) is -0.750. The minimum absolute atomic E-state index is 0.0182. The quantitative estimate of drug-likeness (QED) is 0.915. The van der Waals surface area contributed by atoms with Crippen molar-refractivity contribution in [2.45, 2.75) is 63.2 Å². The molecule has 0 bridgehead atoms. The van der Waals surface area contributed by atoms with Crippen molar-refractivity contribution in [3.05, 3.63) is 16.4 Å². The Morgan fingerprint density at radius 2 is 1.91 bits per heavy atom. The highest BCUT2D eigenvalue weighted by Gasteiger charge is 2.42. The number of nitrogens with one attached hydrogen (secondary N) is 1. The van der Waals surface area contributed by atoms with Crippen LogP contribution in [0.25, 0.3) is 0 Å². The molecule has 22 heavy (non-hydrogen) atoms. The zero-order valence-electron chi connectivity index (χ0n) is 11.9. The lowest BCUT2D eigenvalue weighted by atomic mass is 10.2. The number of alkyl halides is 3. The summed E-state index contributed by atoms with van der Waals surface area (Å²) in [6.07, 6.45) is 0.964. The van der Waals surface area contributed by atoms with Crippen LogP contribution in [0.1, 0.15) is 55.8 Å². The number of hydrogen-bond donors (Lipinski definition) is 1. The molecule has 1 heterocycles. The Balaban J connectivity index is 1.78. The number of aromatic nitrogens is 2. The molecule has 2 saturated carbocycles. The molecule has 0 aliphatic heterocycles. The summed E-state index contributed by atoms with van der Waals surface area (Å²) in [7, 11) is 0. The summed E-state index contributed by atoms with van der Waals surface area (Å²) in [5, 5.41) is 6.06. The van der Waals surface area contributed by atoms with Crippen molar-refractivity contribution in [3.63, 3.8) is 0 Å². The first-order valence-corrected chi connectivity index (χ1v) is 7.87. The summed E-state index contributed by atoms with van der Waals surface area (Å²) >= 11 is 5.87. The van der Waals surface area contributed by atoms with E-state index in [0.29, 0.717) is 5.69 Å². The van der Waals surface area contributed by atoms with E-state index in [1.807, 2.05) is 0 Å². The van der Waals surface area contributed by atoms with E-state index >= 15 is 0 Å². The Bertz CT molecular complexity index is 575. The lowest BCUT2D eigenvalue weighted by Gasteiger charge is -2.13. The van der Waals surface area contributed by atoms with Crippen molar-refractivity contribution < 1.29 is 18.0 Å². The largest absolute Gasteiger partial charge is 0.436 e. The van der Waals surface area contributed by atoms with Crippen LogP contribution in [0, 0.1) is 0 Å². The van der Waals surface area contributed by atoms with E-state index in [4.69, 9.17) is 11.6 Å². The highest BCUT2D eigenvalue weighted by Crippen LogP contribution is 2.46.